The molecule has 0 radical (unpaired) electrons. The minimum atomic E-state index is 0. The SMILES string of the molecule is C.C.C.C.C.C.C.C.CC.CC.CC.CC.CC.CC.CC.CC.CC(C)c1ccccc1C(C)C.CC(C)c1cccnc1C(C)C.CC(C)c1cccnc1C(C)C.CC(C)c1ccncc1C(C)C.CC(C)c1ccncc1C(C)C.CC(C)c1cncnc1C(C)C.CC(C)c1cncnc1C(C)C.CC(C)c1nccnc1C(C)C. The van der Waals surface area contributed by atoms with E-state index in [1.54, 1.807) is 25.0 Å². The summed E-state index contributed by atoms with van der Waals surface area (Å²) in [5, 5.41) is 0. The highest BCUT2D eigenvalue weighted by Gasteiger charge is 2.16. The van der Waals surface area contributed by atoms with Gasteiger partial charge in [0.1, 0.15) is 12.7 Å². The molecule has 120 heavy (non-hydrogen) atoms. The van der Waals surface area contributed by atoms with E-state index in [-0.39, 0.29) is 59.4 Å². The summed E-state index contributed by atoms with van der Waals surface area (Å²) in [7, 11) is 0. The van der Waals surface area contributed by atoms with Crippen molar-refractivity contribution in [2.45, 2.75) is 486 Å². The molecule has 0 aliphatic carbocycles. The predicted molar refractivity (Wildman–Crippen MR) is 560 cm³/mol. The van der Waals surface area contributed by atoms with E-state index < -0.39 is 0 Å². The van der Waals surface area contributed by atoms with Gasteiger partial charge in [0.2, 0.25) is 0 Å². The molecule has 0 amide bonds. The summed E-state index contributed by atoms with van der Waals surface area (Å²) in [6.07, 6.45) is 22.1. The Hall–Kier alpha value is -6.94. The average Bonchev–Trinajstić information content (AvgIpc) is 0.929. The van der Waals surface area contributed by atoms with Crippen LogP contribution in [0.2, 0.25) is 0 Å². The Balaban J connectivity index is -0.0000000711. The van der Waals surface area contributed by atoms with E-state index in [1.165, 1.54) is 78.4 Å². The molecule has 8 aromatic rings. The van der Waals surface area contributed by atoms with Crippen molar-refractivity contribution in [2.24, 2.45) is 0 Å². The molecule has 0 unspecified atom stereocenters. The van der Waals surface area contributed by atoms with Gasteiger partial charge in [-0.2, -0.15) is 0 Å². The van der Waals surface area contributed by atoms with E-state index in [2.05, 4.69) is 320 Å². The van der Waals surface area contributed by atoms with Crippen molar-refractivity contribution in [3.05, 3.63) is 225 Å². The molecule has 1 aromatic carbocycles. The summed E-state index contributed by atoms with van der Waals surface area (Å²) in [4.78, 5) is 42.4. The van der Waals surface area contributed by atoms with E-state index in [1.807, 2.05) is 172 Å². The van der Waals surface area contributed by atoms with E-state index in [0.29, 0.717) is 94.7 Å². The topological polar surface area (TPSA) is 129 Å². The van der Waals surface area contributed by atoms with Gasteiger partial charge >= 0.3 is 0 Å². The van der Waals surface area contributed by atoms with Gasteiger partial charge in [-0.1, -0.05) is 428 Å². The number of benzene rings is 1. The zero-order valence-electron chi connectivity index (χ0n) is 82.4. The van der Waals surface area contributed by atoms with Gasteiger partial charge in [0.15, 0.2) is 0 Å². The maximum atomic E-state index is 4.40. The Morgan fingerprint density at radius 1 is 0.150 bits per heavy atom. The van der Waals surface area contributed by atoms with Crippen LogP contribution in [0.15, 0.2) is 135 Å². The van der Waals surface area contributed by atoms with Gasteiger partial charge in [-0.15, -0.1) is 0 Å². The van der Waals surface area contributed by atoms with E-state index >= 15 is 0 Å². The molecule has 8 rings (SSSR count). The number of pyridine rings is 4. The fraction of sp³-hybridized carbons (Fsp3) is 0.655. The zero-order chi connectivity index (χ0) is 89.1. The van der Waals surface area contributed by atoms with Crippen LogP contribution in [0.1, 0.15) is 576 Å². The van der Waals surface area contributed by atoms with Crippen LogP contribution in [0.4, 0.5) is 0 Å². The summed E-state index contributed by atoms with van der Waals surface area (Å²) >= 11 is 0. The third kappa shape index (κ3) is 63.9. The third-order valence-corrected chi connectivity index (χ3v) is 16.3. The monoisotopic (exact) mass is 1680 g/mol. The van der Waals surface area contributed by atoms with Gasteiger partial charge in [0.25, 0.3) is 0 Å². The predicted octanol–water partition coefficient (Wildman–Crippen LogP) is 38.7. The van der Waals surface area contributed by atoms with Crippen molar-refractivity contribution in [3.8, 4) is 0 Å². The van der Waals surface area contributed by atoms with Gasteiger partial charge in [0, 0.05) is 84.7 Å². The number of hydrogen-bond donors (Lipinski definition) is 0. The molecule has 0 N–H and O–H groups in total. The Morgan fingerprint density at radius 2 is 0.325 bits per heavy atom. The number of hydrogen-bond acceptors (Lipinski definition) is 10. The van der Waals surface area contributed by atoms with Crippen LogP contribution in [-0.2, 0) is 0 Å². The fourth-order valence-corrected chi connectivity index (χ4v) is 11.0. The van der Waals surface area contributed by atoms with Crippen molar-refractivity contribution in [1.82, 2.24) is 49.8 Å². The molecule has 0 saturated heterocycles. The summed E-state index contributed by atoms with van der Waals surface area (Å²) in [6.45, 7) is 102. The average molecular weight is 1680 g/mol. The van der Waals surface area contributed by atoms with Gasteiger partial charge in [-0.25, -0.2) is 19.9 Å². The summed E-state index contributed by atoms with van der Waals surface area (Å²) in [5.74, 6) is 8.82. The van der Waals surface area contributed by atoms with Gasteiger partial charge < -0.3 is 0 Å². The number of rotatable bonds is 16. The van der Waals surface area contributed by atoms with E-state index in [4.69, 9.17) is 0 Å². The van der Waals surface area contributed by atoms with E-state index in [9.17, 15) is 0 Å². The van der Waals surface area contributed by atoms with Crippen molar-refractivity contribution in [3.63, 3.8) is 0 Å². The Labute approximate surface area is 756 Å². The minimum absolute atomic E-state index is 0. The van der Waals surface area contributed by atoms with Crippen molar-refractivity contribution in [2.75, 3.05) is 0 Å². The summed E-state index contributed by atoms with van der Waals surface area (Å²) in [5.41, 5.74) is 21.0. The maximum absolute atomic E-state index is 4.40. The van der Waals surface area contributed by atoms with Crippen molar-refractivity contribution >= 4 is 0 Å². The minimum Gasteiger partial charge on any atom is -0.264 e. The second-order valence-electron chi connectivity index (χ2n) is 30.1. The second kappa shape index (κ2) is 94.3. The Bertz CT molecular complexity index is 2470. The van der Waals surface area contributed by atoms with Crippen LogP contribution >= 0.6 is 0 Å². The van der Waals surface area contributed by atoms with E-state index in [0.717, 1.165) is 11.4 Å². The van der Waals surface area contributed by atoms with Gasteiger partial charge in [0.05, 0.1) is 11.4 Å². The first kappa shape index (κ1) is 151. The first-order valence-electron chi connectivity index (χ1n) is 44.3. The molecular formula is C110H214N10. The lowest BCUT2D eigenvalue weighted by atomic mass is 9.91. The van der Waals surface area contributed by atoms with Gasteiger partial charge in [-0.3, -0.25) is 29.9 Å². The fourth-order valence-electron chi connectivity index (χ4n) is 11.0. The lowest BCUT2D eigenvalue weighted by Gasteiger charge is -2.14. The molecule has 7 heterocycles. The lowest BCUT2D eigenvalue weighted by molar-refractivity contribution is 0.726. The highest BCUT2D eigenvalue weighted by molar-refractivity contribution is 5.33. The largest absolute Gasteiger partial charge is 0.264 e. The molecule has 0 bridgehead atoms. The maximum Gasteiger partial charge on any atom is 0.115 e. The molecule has 0 saturated carbocycles. The molecule has 0 aliphatic rings. The quantitative estimate of drug-likeness (QED) is 0.0922. The number of nitrogens with zero attached hydrogens (tertiary/aromatic N) is 10. The van der Waals surface area contributed by atoms with Crippen LogP contribution in [0.3, 0.4) is 0 Å². The van der Waals surface area contributed by atoms with Gasteiger partial charge in [-0.05, 0) is 175 Å². The molecule has 10 heteroatoms. The lowest BCUT2D eigenvalue weighted by Crippen LogP contribution is -2.03. The first-order valence-corrected chi connectivity index (χ1v) is 44.3. The Morgan fingerprint density at radius 3 is 0.500 bits per heavy atom. The van der Waals surface area contributed by atoms with Crippen LogP contribution in [0.5, 0.6) is 0 Å². The Kier molecular flexibility index (Phi) is 118. The standard InChI is InChI=1S/C12H18.4C11H17N.3C10H16N2.8C2H6.8CH4/c1-9(2)11-7-5-6-8-12(11)10(3)4;2*1-8(2)10-5-6-12-7-11(10)9(3)4;2*1-8(2)10-6-5-7-12-11(10)9(3)4;2*1-7(2)9-5-11-6-12-10(9)8(3)4;1-7(2)9-10(8(3)4)12-6-5-11-9;8*1-2;;;;;;;;/h5-10H,1-4H3;4*5-9H,1-4H3;3*5-8H,1-4H3;8*1-2H3;8*1H4. The summed E-state index contributed by atoms with van der Waals surface area (Å²) in [6, 6.07) is 21.4. The van der Waals surface area contributed by atoms with Crippen LogP contribution in [0, 0.1) is 0 Å². The second-order valence-corrected chi connectivity index (χ2v) is 30.1. The van der Waals surface area contributed by atoms with Crippen LogP contribution < -0.4 is 0 Å². The molecule has 0 fully saturated rings. The highest BCUT2D eigenvalue weighted by Crippen LogP contribution is 2.30. The number of aromatic nitrogens is 10. The molecule has 0 aliphatic heterocycles. The smallest absolute Gasteiger partial charge is 0.115 e. The molecular weight excluding hydrogens is 1460 g/mol. The molecule has 0 spiro atoms. The zero-order valence-corrected chi connectivity index (χ0v) is 82.4. The third-order valence-electron chi connectivity index (χ3n) is 16.3. The molecule has 0 atom stereocenters. The van der Waals surface area contributed by atoms with Crippen molar-refractivity contribution < 1.29 is 0 Å². The summed E-state index contributed by atoms with van der Waals surface area (Å²) < 4.78 is 0. The normalized spacial score (nSPS) is 9.33. The van der Waals surface area contributed by atoms with Crippen LogP contribution in [0.25, 0.3) is 0 Å². The molecule has 10 nitrogen and oxygen atoms in total. The van der Waals surface area contributed by atoms with Crippen molar-refractivity contribution in [1.29, 1.82) is 0 Å². The molecule has 704 valence electrons. The van der Waals surface area contributed by atoms with Crippen LogP contribution in [-0.4, -0.2) is 49.8 Å². The first-order chi connectivity index (χ1) is 53.0. The molecule has 7 aromatic heterocycles. The highest BCUT2D eigenvalue weighted by atomic mass is 14.8.